The first-order chi connectivity index (χ1) is 12.5. The predicted molar refractivity (Wildman–Crippen MR) is 102 cm³/mol. The van der Waals surface area contributed by atoms with Gasteiger partial charge in [0.05, 0.1) is 4.92 Å². The number of H-pyrrole nitrogens is 1. The maximum Gasteiger partial charge on any atom is 0.322 e. The highest BCUT2D eigenvalue weighted by atomic mass is 32.2. The van der Waals surface area contributed by atoms with E-state index in [1.165, 1.54) is 43.9 Å². The summed E-state index contributed by atoms with van der Waals surface area (Å²) >= 11 is 1.89. The van der Waals surface area contributed by atoms with Gasteiger partial charge in [-0.3, -0.25) is 20.0 Å². The summed E-state index contributed by atoms with van der Waals surface area (Å²) in [6, 6.07) is 5.90. The molecule has 1 aliphatic rings. The predicted octanol–water partition coefficient (Wildman–Crippen LogP) is 4.61. The van der Waals surface area contributed by atoms with Crippen molar-refractivity contribution >= 4 is 29.0 Å². The lowest BCUT2D eigenvalue weighted by atomic mass is 10.0. The third-order valence-electron chi connectivity index (χ3n) is 4.61. The Bertz CT molecular complexity index is 828. The van der Waals surface area contributed by atoms with Crippen LogP contribution in [0, 0.1) is 24.0 Å². The second-order valence-corrected chi connectivity index (χ2v) is 7.99. The number of anilines is 1. The molecule has 0 aliphatic heterocycles. The monoisotopic (exact) mass is 374 g/mol. The zero-order chi connectivity index (χ0) is 18.7. The molecule has 1 saturated carbocycles. The largest absolute Gasteiger partial charge is 0.322 e. The van der Waals surface area contributed by atoms with Gasteiger partial charge in [0.15, 0.2) is 0 Å². The molecule has 7 nitrogen and oxygen atoms in total. The van der Waals surface area contributed by atoms with Gasteiger partial charge in [-0.2, -0.15) is 5.10 Å². The molecule has 1 aromatic heterocycles. The number of carbonyl (C=O) groups is 1. The molecule has 1 amide bonds. The number of amides is 1. The number of nitro groups is 1. The summed E-state index contributed by atoms with van der Waals surface area (Å²) in [4.78, 5) is 24.1. The Morgan fingerprint density at radius 2 is 2.04 bits per heavy atom. The summed E-state index contributed by atoms with van der Waals surface area (Å²) in [6.45, 7) is 3.44. The maximum atomic E-state index is 12.4. The number of hydrogen-bond acceptors (Lipinski definition) is 5. The molecule has 138 valence electrons. The molecule has 1 heterocycles. The van der Waals surface area contributed by atoms with Crippen molar-refractivity contribution in [1.29, 1.82) is 0 Å². The van der Waals surface area contributed by atoms with E-state index in [4.69, 9.17) is 0 Å². The lowest BCUT2D eigenvalue weighted by Gasteiger charge is -2.21. The highest BCUT2D eigenvalue weighted by molar-refractivity contribution is 8.00. The van der Waals surface area contributed by atoms with Crippen LogP contribution in [-0.2, 0) is 0 Å². The van der Waals surface area contributed by atoms with Crippen molar-refractivity contribution in [2.45, 2.75) is 56.1 Å². The highest BCUT2D eigenvalue weighted by Crippen LogP contribution is 2.35. The maximum absolute atomic E-state index is 12.4. The number of thioether (sulfide) groups is 1. The summed E-state index contributed by atoms with van der Waals surface area (Å²) in [6.07, 6.45) is 6.44. The van der Waals surface area contributed by atoms with Crippen LogP contribution in [0.25, 0.3) is 0 Å². The molecule has 26 heavy (non-hydrogen) atoms. The van der Waals surface area contributed by atoms with E-state index in [9.17, 15) is 14.9 Å². The van der Waals surface area contributed by atoms with Crippen LogP contribution in [0.15, 0.2) is 23.1 Å². The second-order valence-electron chi connectivity index (χ2n) is 6.61. The van der Waals surface area contributed by atoms with Crippen LogP contribution in [0.2, 0.25) is 0 Å². The number of rotatable bonds is 5. The van der Waals surface area contributed by atoms with Crippen molar-refractivity contribution in [1.82, 2.24) is 10.2 Å². The molecular weight excluding hydrogens is 352 g/mol. The van der Waals surface area contributed by atoms with Gasteiger partial charge in [-0.25, -0.2) is 0 Å². The molecule has 2 N–H and O–H groups in total. The smallest absolute Gasteiger partial charge is 0.320 e. The van der Waals surface area contributed by atoms with E-state index in [0.29, 0.717) is 10.9 Å². The van der Waals surface area contributed by atoms with Gasteiger partial charge >= 0.3 is 5.69 Å². The van der Waals surface area contributed by atoms with Crippen LogP contribution < -0.4 is 5.32 Å². The lowest BCUT2D eigenvalue weighted by Crippen LogP contribution is -2.15. The standard InChI is InChI=1S/C18H22N4O3S/c1-11-10-14(26-13-6-4-3-5-7-13)8-9-15(11)19-18(23)16-17(22(24)25)12(2)20-21-16/h8-10,13H,3-7H2,1-2H3,(H,19,23)(H,20,21). The van der Waals surface area contributed by atoms with Crippen molar-refractivity contribution in [3.63, 3.8) is 0 Å². The number of nitrogens with one attached hydrogen (secondary N) is 2. The van der Waals surface area contributed by atoms with Gasteiger partial charge in [0, 0.05) is 15.8 Å². The molecule has 1 aromatic carbocycles. The number of aromatic nitrogens is 2. The molecule has 0 radical (unpaired) electrons. The third kappa shape index (κ3) is 4.07. The second kappa shape index (κ2) is 7.90. The molecule has 0 saturated heterocycles. The Kier molecular flexibility index (Phi) is 5.61. The quantitative estimate of drug-likeness (QED) is 0.588. The Balaban J connectivity index is 1.72. The van der Waals surface area contributed by atoms with Crippen molar-refractivity contribution in [2.24, 2.45) is 0 Å². The Morgan fingerprint density at radius 3 is 2.69 bits per heavy atom. The first-order valence-corrected chi connectivity index (χ1v) is 9.61. The topological polar surface area (TPSA) is 101 Å². The summed E-state index contributed by atoms with van der Waals surface area (Å²) in [5.74, 6) is -0.586. The summed E-state index contributed by atoms with van der Waals surface area (Å²) in [5, 5.41) is 20.8. The first-order valence-electron chi connectivity index (χ1n) is 8.73. The zero-order valence-corrected chi connectivity index (χ0v) is 15.7. The summed E-state index contributed by atoms with van der Waals surface area (Å²) in [5.41, 5.74) is 1.33. The Hall–Kier alpha value is -2.35. The normalized spacial score (nSPS) is 15.0. The molecule has 1 fully saturated rings. The third-order valence-corrected chi connectivity index (χ3v) is 5.94. The lowest BCUT2D eigenvalue weighted by molar-refractivity contribution is -0.385. The van der Waals surface area contributed by atoms with E-state index >= 15 is 0 Å². The summed E-state index contributed by atoms with van der Waals surface area (Å²) < 4.78 is 0. The fourth-order valence-corrected chi connectivity index (χ4v) is 4.56. The minimum Gasteiger partial charge on any atom is -0.320 e. The van der Waals surface area contributed by atoms with E-state index in [0.717, 1.165) is 5.56 Å². The SMILES string of the molecule is Cc1cc(SC2CCCCC2)ccc1NC(=O)c1n[nH]c(C)c1[N+](=O)[O-]. The van der Waals surface area contributed by atoms with Crippen LogP contribution >= 0.6 is 11.8 Å². The fourth-order valence-electron chi connectivity index (χ4n) is 3.21. The van der Waals surface area contributed by atoms with E-state index in [1.807, 2.05) is 30.8 Å². The minimum atomic E-state index is -0.593. The van der Waals surface area contributed by atoms with Gasteiger partial charge in [-0.05, 0) is 50.5 Å². The van der Waals surface area contributed by atoms with E-state index in [1.54, 1.807) is 0 Å². The van der Waals surface area contributed by atoms with Gasteiger partial charge in [0.2, 0.25) is 5.69 Å². The van der Waals surface area contributed by atoms with Gasteiger partial charge in [0.1, 0.15) is 5.69 Å². The number of aromatic amines is 1. The minimum absolute atomic E-state index is 0.201. The van der Waals surface area contributed by atoms with Crippen LogP contribution in [0.4, 0.5) is 11.4 Å². The molecule has 0 unspecified atom stereocenters. The van der Waals surface area contributed by atoms with Crippen LogP contribution in [0.1, 0.15) is 53.8 Å². The van der Waals surface area contributed by atoms with Gasteiger partial charge < -0.3 is 5.32 Å². The van der Waals surface area contributed by atoms with E-state index in [2.05, 4.69) is 21.6 Å². The van der Waals surface area contributed by atoms with E-state index < -0.39 is 10.8 Å². The number of benzene rings is 1. The van der Waals surface area contributed by atoms with Crippen LogP contribution in [-0.4, -0.2) is 26.3 Å². The molecule has 1 aliphatic carbocycles. The Morgan fingerprint density at radius 1 is 1.31 bits per heavy atom. The van der Waals surface area contributed by atoms with Crippen LogP contribution in [0.3, 0.4) is 0 Å². The van der Waals surface area contributed by atoms with Crippen molar-refractivity contribution < 1.29 is 9.72 Å². The summed E-state index contributed by atoms with van der Waals surface area (Å²) in [7, 11) is 0. The number of nitrogens with zero attached hydrogens (tertiary/aromatic N) is 2. The van der Waals surface area contributed by atoms with Gasteiger partial charge in [-0.15, -0.1) is 11.8 Å². The molecule has 0 spiro atoms. The van der Waals surface area contributed by atoms with Crippen molar-refractivity contribution in [2.75, 3.05) is 5.32 Å². The van der Waals surface area contributed by atoms with Crippen LogP contribution in [0.5, 0.6) is 0 Å². The zero-order valence-electron chi connectivity index (χ0n) is 14.9. The molecule has 3 rings (SSSR count). The van der Waals surface area contributed by atoms with Gasteiger partial charge in [-0.1, -0.05) is 19.3 Å². The van der Waals surface area contributed by atoms with E-state index in [-0.39, 0.29) is 17.1 Å². The highest BCUT2D eigenvalue weighted by Gasteiger charge is 2.27. The Labute approximate surface area is 156 Å². The molecule has 8 heteroatoms. The first kappa shape index (κ1) is 18.4. The van der Waals surface area contributed by atoms with Crippen molar-refractivity contribution in [3.8, 4) is 0 Å². The average Bonchev–Trinajstić information content (AvgIpc) is 3.00. The molecular formula is C18H22N4O3S. The number of carbonyl (C=O) groups excluding carboxylic acids is 1. The molecule has 0 bridgehead atoms. The number of hydrogen-bond donors (Lipinski definition) is 2. The molecule has 2 aromatic rings. The van der Waals surface area contributed by atoms with Crippen molar-refractivity contribution in [3.05, 3.63) is 45.3 Å². The fraction of sp³-hybridized carbons (Fsp3) is 0.444. The average molecular weight is 374 g/mol. The van der Waals surface area contributed by atoms with Gasteiger partial charge in [0.25, 0.3) is 5.91 Å². The number of aryl methyl sites for hydroxylation is 2. The molecule has 0 atom stereocenters.